The lowest BCUT2D eigenvalue weighted by Crippen LogP contribution is -2.00. The molecule has 0 aliphatic rings. The highest BCUT2D eigenvalue weighted by Crippen LogP contribution is 2.42. The zero-order valence-electron chi connectivity index (χ0n) is 30.5. The summed E-state index contributed by atoms with van der Waals surface area (Å²) in [5, 5.41) is 6.90. The second-order valence-electron chi connectivity index (χ2n) is 14.4. The van der Waals surface area contributed by atoms with Gasteiger partial charge in [-0.15, -0.1) is 0 Å². The van der Waals surface area contributed by atoms with E-state index in [4.69, 9.17) is 19.4 Å². The average Bonchev–Trinajstić information content (AvgIpc) is 3.93. The smallest absolute Gasteiger partial charge is 0.164 e. The van der Waals surface area contributed by atoms with Gasteiger partial charge < -0.3 is 13.6 Å². The molecule has 8 aromatic carbocycles. The van der Waals surface area contributed by atoms with Crippen molar-refractivity contribution in [1.29, 1.82) is 0 Å². The first-order valence-corrected chi connectivity index (χ1v) is 19.1. The van der Waals surface area contributed by atoms with Crippen molar-refractivity contribution < 1.29 is 4.42 Å². The number of para-hydroxylation sites is 4. The Kier molecular flexibility index (Phi) is 6.83. The third-order valence-corrected chi connectivity index (χ3v) is 11.2. The number of hydrogen-bond donors (Lipinski definition) is 0. The Morgan fingerprint density at radius 3 is 1.53 bits per heavy atom. The Bertz CT molecular complexity index is 3400. The van der Waals surface area contributed by atoms with Crippen molar-refractivity contribution in [3.63, 3.8) is 0 Å². The lowest BCUT2D eigenvalue weighted by atomic mass is 10.1. The molecule has 0 atom stereocenters. The first kappa shape index (κ1) is 31.5. The van der Waals surface area contributed by atoms with Gasteiger partial charge in [-0.25, -0.2) is 15.0 Å². The molecule has 4 heterocycles. The van der Waals surface area contributed by atoms with Crippen molar-refractivity contribution in [2.45, 2.75) is 0 Å². The second-order valence-corrected chi connectivity index (χ2v) is 14.4. The molecule has 0 bridgehead atoms. The molecule has 0 saturated carbocycles. The van der Waals surface area contributed by atoms with Gasteiger partial charge in [0.2, 0.25) is 0 Å². The summed E-state index contributed by atoms with van der Waals surface area (Å²) in [6.07, 6.45) is 0. The number of hydrogen-bond acceptors (Lipinski definition) is 4. The van der Waals surface area contributed by atoms with E-state index < -0.39 is 0 Å². The molecule has 12 rings (SSSR count). The summed E-state index contributed by atoms with van der Waals surface area (Å²) >= 11 is 0. The van der Waals surface area contributed by atoms with Gasteiger partial charge in [0, 0.05) is 60.8 Å². The Hall–Kier alpha value is -7.83. The Morgan fingerprint density at radius 1 is 0.333 bits per heavy atom. The Labute approximate surface area is 326 Å². The molecule has 266 valence electrons. The molecule has 0 fully saturated rings. The molecule has 0 amide bonds. The van der Waals surface area contributed by atoms with E-state index >= 15 is 0 Å². The van der Waals surface area contributed by atoms with E-state index in [2.05, 4.69) is 137 Å². The summed E-state index contributed by atoms with van der Waals surface area (Å²) in [5.41, 5.74) is 11.1. The van der Waals surface area contributed by atoms with E-state index in [1.807, 2.05) is 60.7 Å². The quantitative estimate of drug-likeness (QED) is 0.177. The molecule has 6 heteroatoms. The van der Waals surface area contributed by atoms with Crippen LogP contribution in [0.15, 0.2) is 192 Å². The van der Waals surface area contributed by atoms with E-state index in [-0.39, 0.29) is 0 Å². The minimum Gasteiger partial charge on any atom is -0.456 e. The van der Waals surface area contributed by atoms with Gasteiger partial charge in [-0.3, -0.25) is 0 Å². The normalized spacial score (nSPS) is 11.9. The van der Waals surface area contributed by atoms with Gasteiger partial charge in [-0.1, -0.05) is 133 Å². The van der Waals surface area contributed by atoms with Crippen LogP contribution in [0.2, 0.25) is 0 Å². The largest absolute Gasteiger partial charge is 0.456 e. The highest BCUT2D eigenvalue weighted by Gasteiger charge is 2.22. The van der Waals surface area contributed by atoms with Crippen LogP contribution in [-0.2, 0) is 0 Å². The van der Waals surface area contributed by atoms with Crippen molar-refractivity contribution in [1.82, 2.24) is 24.1 Å². The van der Waals surface area contributed by atoms with E-state index in [1.165, 1.54) is 27.2 Å². The highest BCUT2D eigenvalue weighted by molar-refractivity contribution is 6.20. The number of nitrogens with zero attached hydrogens (tertiary/aromatic N) is 5. The second kappa shape index (κ2) is 12.3. The molecule has 0 saturated heterocycles. The summed E-state index contributed by atoms with van der Waals surface area (Å²) in [6.45, 7) is 0. The molecule has 4 aromatic heterocycles. The van der Waals surface area contributed by atoms with Crippen LogP contribution in [0.1, 0.15) is 0 Å². The van der Waals surface area contributed by atoms with Crippen LogP contribution >= 0.6 is 0 Å². The van der Waals surface area contributed by atoms with Crippen LogP contribution in [-0.4, -0.2) is 24.1 Å². The maximum absolute atomic E-state index is 6.77. The van der Waals surface area contributed by atoms with Gasteiger partial charge in [0.1, 0.15) is 11.2 Å². The van der Waals surface area contributed by atoms with Gasteiger partial charge in [0.05, 0.1) is 27.8 Å². The first-order chi connectivity index (χ1) is 28.3. The highest BCUT2D eigenvalue weighted by atomic mass is 16.3. The van der Waals surface area contributed by atoms with Gasteiger partial charge in [0.15, 0.2) is 17.5 Å². The van der Waals surface area contributed by atoms with Gasteiger partial charge in [-0.05, 0) is 48.5 Å². The monoisotopic (exact) mass is 729 g/mol. The topological polar surface area (TPSA) is 61.7 Å². The summed E-state index contributed by atoms with van der Waals surface area (Å²) in [6, 6.07) is 65.6. The van der Waals surface area contributed by atoms with Gasteiger partial charge in [-0.2, -0.15) is 0 Å². The van der Waals surface area contributed by atoms with Gasteiger partial charge >= 0.3 is 0 Å². The molecule has 0 aliphatic carbocycles. The van der Waals surface area contributed by atoms with Crippen LogP contribution in [0, 0.1) is 0 Å². The standard InChI is InChI=1S/C51H31N5O/c1-4-15-32(16-5-1)49-52-50(33-17-6-2-7-18-33)54-51(53-49)34-27-28-38-41-30-40-39-23-14-26-44(56-42-24-12-10-21-36(42)37-22-11-13-25-43(37)56)48(39)55(35-19-8-3-9-20-35)45(40)31-47(41)57-46(38)29-34/h1-31H. The summed E-state index contributed by atoms with van der Waals surface area (Å²) in [4.78, 5) is 14.8. The fourth-order valence-corrected chi connectivity index (χ4v) is 8.60. The van der Waals surface area contributed by atoms with Crippen LogP contribution in [0.5, 0.6) is 0 Å². The predicted molar refractivity (Wildman–Crippen MR) is 232 cm³/mol. The zero-order valence-corrected chi connectivity index (χ0v) is 30.5. The molecule has 0 unspecified atom stereocenters. The lowest BCUT2D eigenvalue weighted by molar-refractivity contribution is 0.669. The first-order valence-electron chi connectivity index (χ1n) is 19.1. The van der Waals surface area contributed by atoms with Crippen LogP contribution in [0.25, 0.3) is 111 Å². The number of rotatable bonds is 5. The number of furan rings is 1. The van der Waals surface area contributed by atoms with E-state index in [0.717, 1.165) is 66.4 Å². The molecular formula is C51H31N5O. The minimum atomic E-state index is 0.592. The van der Waals surface area contributed by atoms with E-state index in [9.17, 15) is 0 Å². The Balaban J connectivity index is 1.09. The van der Waals surface area contributed by atoms with Crippen molar-refractivity contribution in [2.24, 2.45) is 0 Å². The predicted octanol–water partition coefficient (Wildman–Crippen LogP) is 13.0. The third kappa shape index (κ3) is 4.87. The summed E-state index contributed by atoms with van der Waals surface area (Å²) in [7, 11) is 0. The SMILES string of the molecule is c1ccc(-c2nc(-c3ccccc3)nc(-c3ccc4c(c3)oc3cc5c(cc34)c3cccc(-n4c6ccccc6c6ccccc64)c3n5-c3ccccc3)n2)cc1. The fraction of sp³-hybridized carbons (Fsp3) is 0. The molecule has 0 radical (unpaired) electrons. The van der Waals surface area contributed by atoms with Gasteiger partial charge in [0.25, 0.3) is 0 Å². The number of benzene rings is 8. The maximum atomic E-state index is 6.77. The Morgan fingerprint density at radius 2 is 0.877 bits per heavy atom. The van der Waals surface area contributed by atoms with Crippen LogP contribution < -0.4 is 0 Å². The molecule has 57 heavy (non-hydrogen) atoms. The molecule has 0 N–H and O–H groups in total. The number of fused-ring (bicyclic) bond motifs is 9. The molecule has 6 nitrogen and oxygen atoms in total. The number of aromatic nitrogens is 5. The molecule has 12 aromatic rings. The average molecular weight is 730 g/mol. The van der Waals surface area contributed by atoms with E-state index in [0.29, 0.717) is 17.5 Å². The maximum Gasteiger partial charge on any atom is 0.164 e. The minimum absolute atomic E-state index is 0.592. The zero-order chi connectivity index (χ0) is 37.5. The summed E-state index contributed by atoms with van der Waals surface area (Å²) < 4.78 is 11.6. The van der Waals surface area contributed by atoms with E-state index in [1.54, 1.807) is 0 Å². The van der Waals surface area contributed by atoms with Crippen molar-refractivity contribution in [2.75, 3.05) is 0 Å². The van der Waals surface area contributed by atoms with Crippen molar-refractivity contribution >= 4 is 65.6 Å². The van der Waals surface area contributed by atoms with Crippen LogP contribution in [0.3, 0.4) is 0 Å². The fourth-order valence-electron chi connectivity index (χ4n) is 8.60. The molecule has 0 aliphatic heterocycles. The summed E-state index contributed by atoms with van der Waals surface area (Å²) in [5.74, 6) is 1.84. The molecule has 0 spiro atoms. The molecular weight excluding hydrogens is 699 g/mol. The van der Waals surface area contributed by atoms with Crippen molar-refractivity contribution in [3.05, 3.63) is 188 Å². The van der Waals surface area contributed by atoms with Crippen LogP contribution in [0.4, 0.5) is 0 Å². The lowest BCUT2D eigenvalue weighted by Gasteiger charge is -2.14. The van der Waals surface area contributed by atoms with Crippen molar-refractivity contribution in [3.8, 4) is 45.5 Å². The third-order valence-electron chi connectivity index (χ3n) is 11.2.